The quantitative estimate of drug-likeness (QED) is 0.875. The zero-order valence-electron chi connectivity index (χ0n) is 12.9. The van der Waals surface area contributed by atoms with Crippen molar-refractivity contribution in [3.63, 3.8) is 0 Å². The van der Waals surface area contributed by atoms with Crippen LogP contribution >= 0.6 is 0 Å². The third kappa shape index (κ3) is 3.13. The summed E-state index contributed by atoms with van der Waals surface area (Å²) in [6, 6.07) is 11.0. The van der Waals surface area contributed by atoms with Crippen LogP contribution in [0, 0.1) is 0 Å². The number of fused-ring (bicyclic) bond motifs is 1. The minimum Gasteiger partial charge on any atom is -0.493 e. The number of para-hydroxylation sites is 1. The molecule has 2 aromatic rings. The van der Waals surface area contributed by atoms with E-state index in [0.717, 1.165) is 25.4 Å². The summed E-state index contributed by atoms with van der Waals surface area (Å²) in [6.45, 7) is 7.26. The number of nitrogens with one attached hydrogen (secondary N) is 1. The number of ether oxygens (including phenoxy) is 1. The third-order valence-corrected chi connectivity index (χ3v) is 4.20. The maximum atomic E-state index is 5.76. The molecule has 1 aromatic carbocycles. The molecule has 1 aliphatic heterocycles. The fraction of sp³-hybridized carbons (Fsp3) is 0.444. The summed E-state index contributed by atoms with van der Waals surface area (Å²) in [6.07, 6.45) is 5.61. The number of benzene rings is 1. The van der Waals surface area contributed by atoms with E-state index < -0.39 is 0 Å². The first-order valence-corrected chi connectivity index (χ1v) is 7.88. The van der Waals surface area contributed by atoms with Crippen LogP contribution < -0.4 is 10.1 Å². The minimum absolute atomic E-state index is 0.415. The van der Waals surface area contributed by atoms with Crippen molar-refractivity contribution in [2.45, 2.75) is 38.8 Å². The standard InChI is InChI=1S/C18H24N2O/c1-3-9-19-14(2)15-8-10-20(11-15)12-16-13-21-18-7-5-4-6-17(16)18/h4-8,10-11,14,16,19H,3,9,12-13H2,1-2H3. The number of hydrogen-bond donors (Lipinski definition) is 1. The SMILES string of the molecule is CCCNC(C)c1ccn(CC2COc3ccccc32)c1. The third-order valence-electron chi connectivity index (χ3n) is 4.20. The maximum absolute atomic E-state index is 5.76. The lowest BCUT2D eigenvalue weighted by molar-refractivity contribution is 0.319. The highest BCUT2D eigenvalue weighted by Gasteiger charge is 2.23. The van der Waals surface area contributed by atoms with Gasteiger partial charge in [0.1, 0.15) is 5.75 Å². The Bertz CT molecular complexity index is 590. The molecular formula is C18H24N2O. The average molecular weight is 284 g/mol. The maximum Gasteiger partial charge on any atom is 0.122 e. The van der Waals surface area contributed by atoms with Gasteiger partial charge in [-0.2, -0.15) is 0 Å². The zero-order chi connectivity index (χ0) is 14.7. The molecule has 0 saturated heterocycles. The summed E-state index contributed by atoms with van der Waals surface area (Å²) in [5.41, 5.74) is 2.69. The molecule has 0 radical (unpaired) electrons. The van der Waals surface area contributed by atoms with E-state index in [4.69, 9.17) is 4.74 Å². The van der Waals surface area contributed by atoms with Crippen molar-refractivity contribution < 1.29 is 4.74 Å². The first-order chi connectivity index (χ1) is 10.3. The van der Waals surface area contributed by atoms with Gasteiger partial charge in [0.15, 0.2) is 0 Å². The van der Waals surface area contributed by atoms with Crippen molar-refractivity contribution in [1.82, 2.24) is 9.88 Å². The zero-order valence-corrected chi connectivity index (χ0v) is 12.9. The van der Waals surface area contributed by atoms with Gasteiger partial charge in [0, 0.05) is 36.5 Å². The average Bonchev–Trinajstić information content (AvgIpc) is 3.13. The molecule has 2 atom stereocenters. The van der Waals surface area contributed by atoms with Crippen LogP contribution in [0.15, 0.2) is 42.7 Å². The molecule has 2 heterocycles. The molecular weight excluding hydrogens is 260 g/mol. The van der Waals surface area contributed by atoms with Gasteiger partial charge in [-0.15, -0.1) is 0 Å². The van der Waals surface area contributed by atoms with Crippen LogP contribution in [0.1, 0.15) is 43.4 Å². The summed E-state index contributed by atoms with van der Waals surface area (Å²) in [5, 5.41) is 3.53. The highest BCUT2D eigenvalue weighted by Crippen LogP contribution is 2.34. The van der Waals surface area contributed by atoms with Crippen LogP contribution in [0.25, 0.3) is 0 Å². The summed E-state index contributed by atoms with van der Waals surface area (Å²) in [5.74, 6) is 1.51. The molecule has 0 saturated carbocycles. The lowest BCUT2D eigenvalue weighted by Crippen LogP contribution is -2.18. The Morgan fingerprint density at radius 3 is 3.05 bits per heavy atom. The van der Waals surface area contributed by atoms with Crippen LogP contribution in [0.2, 0.25) is 0 Å². The van der Waals surface area contributed by atoms with E-state index in [0.29, 0.717) is 12.0 Å². The molecule has 3 nitrogen and oxygen atoms in total. The van der Waals surface area contributed by atoms with Crippen LogP contribution in [0.3, 0.4) is 0 Å². The summed E-state index contributed by atoms with van der Waals surface area (Å²) in [7, 11) is 0. The Kier molecular flexibility index (Phi) is 4.30. The van der Waals surface area contributed by atoms with Crippen molar-refractivity contribution in [3.05, 3.63) is 53.9 Å². The van der Waals surface area contributed by atoms with Crippen molar-refractivity contribution in [3.8, 4) is 5.75 Å². The van der Waals surface area contributed by atoms with Gasteiger partial charge in [-0.05, 0) is 37.6 Å². The number of rotatable bonds is 6. The van der Waals surface area contributed by atoms with Gasteiger partial charge in [-0.3, -0.25) is 0 Å². The van der Waals surface area contributed by atoms with Crippen LogP contribution in [-0.2, 0) is 6.54 Å². The van der Waals surface area contributed by atoms with Gasteiger partial charge in [-0.1, -0.05) is 25.1 Å². The van der Waals surface area contributed by atoms with E-state index in [1.54, 1.807) is 0 Å². The fourth-order valence-corrected chi connectivity index (χ4v) is 2.94. The Labute approximate surface area is 126 Å². The number of nitrogens with zero attached hydrogens (tertiary/aromatic N) is 1. The largest absolute Gasteiger partial charge is 0.493 e. The number of aromatic nitrogens is 1. The van der Waals surface area contributed by atoms with Gasteiger partial charge in [-0.25, -0.2) is 0 Å². The molecule has 0 aliphatic carbocycles. The Morgan fingerprint density at radius 1 is 1.33 bits per heavy atom. The molecule has 1 aromatic heterocycles. The topological polar surface area (TPSA) is 26.2 Å². The van der Waals surface area contributed by atoms with E-state index in [-0.39, 0.29) is 0 Å². The van der Waals surface area contributed by atoms with Crippen molar-refractivity contribution in [2.24, 2.45) is 0 Å². The van der Waals surface area contributed by atoms with Crippen molar-refractivity contribution >= 4 is 0 Å². The lowest BCUT2D eigenvalue weighted by Gasteiger charge is -2.12. The smallest absolute Gasteiger partial charge is 0.122 e. The van der Waals surface area contributed by atoms with Crippen LogP contribution in [-0.4, -0.2) is 17.7 Å². The fourth-order valence-electron chi connectivity index (χ4n) is 2.94. The molecule has 0 bridgehead atoms. The van der Waals surface area contributed by atoms with Gasteiger partial charge in [0.2, 0.25) is 0 Å². The highest BCUT2D eigenvalue weighted by molar-refractivity contribution is 5.39. The molecule has 3 heteroatoms. The normalized spacial score (nSPS) is 18.3. The lowest BCUT2D eigenvalue weighted by atomic mass is 10.0. The second-order valence-corrected chi connectivity index (χ2v) is 5.86. The van der Waals surface area contributed by atoms with Gasteiger partial charge in [0.05, 0.1) is 6.61 Å². The Hall–Kier alpha value is -1.74. The van der Waals surface area contributed by atoms with Crippen LogP contribution in [0.5, 0.6) is 5.75 Å². The van der Waals surface area contributed by atoms with E-state index >= 15 is 0 Å². The summed E-state index contributed by atoms with van der Waals surface area (Å²) >= 11 is 0. The molecule has 112 valence electrons. The van der Waals surface area contributed by atoms with E-state index in [1.165, 1.54) is 17.5 Å². The van der Waals surface area contributed by atoms with Crippen LogP contribution in [0.4, 0.5) is 0 Å². The molecule has 0 amide bonds. The molecule has 3 rings (SSSR count). The van der Waals surface area contributed by atoms with Crippen molar-refractivity contribution in [1.29, 1.82) is 0 Å². The molecule has 1 aliphatic rings. The molecule has 2 unspecified atom stereocenters. The molecule has 0 spiro atoms. The monoisotopic (exact) mass is 284 g/mol. The molecule has 0 fully saturated rings. The second kappa shape index (κ2) is 6.35. The first-order valence-electron chi connectivity index (χ1n) is 7.88. The van der Waals surface area contributed by atoms with Gasteiger partial charge < -0.3 is 14.6 Å². The van der Waals surface area contributed by atoms with Gasteiger partial charge >= 0.3 is 0 Å². The Morgan fingerprint density at radius 2 is 2.19 bits per heavy atom. The van der Waals surface area contributed by atoms with E-state index in [9.17, 15) is 0 Å². The van der Waals surface area contributed by atoms with Gasteiger partial charge in [0.25, 0.3) is 0 Å². The van der Waals surface area contributed by atoms with Crippen molar-refractivity contribution in [2.75, 3.05) is 13.2 Å². The Balaban J connectivity index is 1.66. The molecule has 21 heavy (non-hydrogen) atoms. The predicted octanol–water partition coefficient (Wildman–Crippen LogP) is 3.72. The second-order valence-electron chi connectivity index (χ2n) is 5.86. The van der Waals surface area contributed by atoms with E-state index in [2.05, 4.69) is 60.4 Å². The van der Waals surface area contributed by atoms with E-state index in [1.807, 2.05) is 6.07 Å². The minimum atomic E-state index is 0.415. The first kappa shape index (κ1) is 14.2. The summed E-state index contributed by atoms with van der Waals surface area (Å²) in [4.78, 5) is 0. The predicted molar refractivity (Wildman–Crippen MR) is 85.8 cm³/mol. The number of hydrogen-bond acceptors (Lipinski definition) is 2. The highest BCUT2D eigenvalue weighted by atomic mass is 16.5. The molecule has 1 N–H and O–H groups in total. The summed E-state index contributed by atoms with van der Waals surface area (Å²) < 4.78 is 8.05.